The van der Waals surface area contributed by atoms with Gasteiger partial charge in [0.05, 0.1) is 10.6 Å². The van der Waals surface area contributed by atoms with E-state index in [9.17, 15) is 10.1 Å². The average Bonchev–Trinajstić information content (AvgIpc) is 2.76. The summed E-state index contributed by atoms with van der Waals surface area (Å²) in [4.78, 5) is 11.2. The second kappa shape index (κ2) is 6.02. The molecule has 0 aliphatic heterocycles. The summed E-state index contributed by atoms with van der Waals surface area (Å²) in [6.07, 6.45) is 0. The molecule has 0 amide bonds. The molecule has 0 atom stereocenters. The first-order valence-electron chi connectivity index (χ1n) is 5.40. The Hall–Kier alpha value is -0.920. The van der Waals surface area contributed by atoms with E-state index in [-0.39, 0.29) is 9.92 Å². The first-order chi connectivity index (χ1) is 8.97. The highest BCUT2D eigenvalue weighted by Crippen LogP contribution is 2.33. The molecule has 0 aliphatic rings. The fourth-order valence-electron chi connectivity index (χ4n) is 1.60. The van der Waals surface area contributed by atoms with E-state index in [1.54, 1.807) is 6.07 Å². The monoisotopic (exact) mass is 404 g/mol. The van der Waals surface area contributed by atoms with Gasteiger partial charge < -0.3 is 5.32 Å². The van der Waals surface area contributed by atoms with E-state index >= 15 is 0 Å². The molecule has 2 aromatic rings. The lowest BCUT2D eigenvalue weighted by molar-refractivity contribution is -0.380. The number of aryl methyl sites for hydroxylation is 1. The van der Waals surface area contributed by atoms with Gasteiger partial charge >= 0.3 is 5.00 Å². The lowest BCUT2D eigenvalue weighted by atomic mass is 10.2. The van der Waals surface area contributed by atoms with Crippen LogP contribution in [0.3, 0.4) is 0 Å². The number of halogens is 2. The summed E-state index contributed by atoms with van der Waals surface area (Å²) in [5.41, 5.74) is 2.10. The summed E-state index contributed by atoms with van der Waals surface area (Å²) < 4.78 is 1.93. The second-order valence-electron chi connectivity index (χ2n) is 3.95. The molecule has 0 bridgehead atoms. The van der Waals surface area contributed by atoms with Gasteiger partial charge in [-0.15, -0.1) is 0 Å². The van der Waals surface area contributed by atoms with Gasteiger partial charge in [0, 0.05) is 26.4 Å². The van der Waals surface area contributed by atoms with Crippen molar-refractivity contribution in [1.29, 1.82) is 0 Å². The predicted molar refractivity (Wildman–Crippen MR) is 84.9 cm³/mol. The zero-order chi connectivity index (χ0) is 14.0. The Balaban J connectivity index is 2.12. The van der Waals surface area contributed by atoms with Crippen molar-refractivity contribution in [3.05, 3.63) is 53.8 Å². The minimum atomic E-state index is -0.369. The van der Waals surface area contributed by atoms with Gasteiger partial charge in [0.2, 0.25) is 0 Å². The minimum absolute atomic E-state index is 0.166. The molecule has 0 fully saturated rings. The van der Waals surface area contributed by atoms with Crippen molar-refractivity contribution in [1.82, 2.24) is 0 Å². The molecule has 100 valence electrons. The van der Waals surface area contributed by atoms with E-state index in [1.165, 1.54) is 17.4 Å². The van der Waals surface area contributed by atoms with Crippen LogP contribution < -0.4 is 5.32 Å². The zero-order valence-corrected chi connectivity index (χ0v) is 13.9. The maximum absolute atomic E-state index is 10.6. The molecule has 2 rings (SSSR count). The van der Waals surface area contributed by atoms with Crippen molar-refractivity contribution < 1.29 is 4.92 Å². The molecule has 0 aliphatic carbocycles. The Morgan fingerprint density at radius 2 is 1.95 bits per heavy atom. The lowest BCUT2D eigenvalue weighted by Gasteiger charge is -2.10. The van der Waals surface area contributed by atoms with Gasteiger partial charge in [-0.3, -0.25) is 10.1 Å². The van der Waals surface area contributed by atoms with Gasteiger partial charge in [-0.1, -0.05) is 11.3 Å². The third kappa shape index (κ3) is 3.55. The van der Waals surface area contributed by atoms with E-state index in [4.69, 9.17) is 0 Å². The number of hydrogen-bond acceptors (Lipinski definition) is 4. The number of rotatable bonds is 4. The van der Waals surface area contributed by atoms with Crippen LogP contribution in [0.25, 0.3) is 0 Å². The normalized spacial score (nSPS) is 10.5. The smallest absolute Gasteiger partial charge is 0.324 e. The maximum atomic E-state index is 10.6. The lowest BCUT2D eigenvalue weighted by Crippen LogP contribution is -1.99. The Morgan fingerprint density at radius 3 is 2.47 bits per heavy atom. The highest BCUT2D eigenvalue weighted by molar-refractivity contribution is 9.11. The number of nitrogens with zero attached hydrogens (tertiary/aromatic N) is 1. The van der Waals surface area contributed by atoms with Crippen molar-refractivity contribution in [3.63, 3.8) is 0 Å². The number of benzene rings is 1. The summed E-state index contributed by atoms with van der Waals surface area (Å²) in [6, 6.07) is 7.33. The van der Waals surface area contributed by atoms with Crippen LogP contribution in [0.1, 0.15) is 10.4 Å². The summed E-state index contributed by atoms with van der Waals surface area (Å²) in [5, 5.41) is 14.1. The molecular formula is C12H10Br2N2O2S. The maximum Gasteiger partial charge on any atom is 0.324 e. The quantitative estimate of drug-likeness (QED) is 0.568. The summed E-state index contributed by atoms with van der Waals surface area (Å²) in [6.45, 7) is 2.57. The van der Waals surface area contributed by atoms with Gasteiger partial charge in [-0.2, -0.15) is 0 Å². The van der Waals surface area contributed by atoms with Crippen LogP contribution in [0.4, 0.5) is 10.7 Å². The van der Waals surface area contributed by atoms with Gasteiger partial charge in [0.25, 0.3) is 0 Å². The Morgan fingerprint density at radius 1 is 1.32 bits per heavy atom. The number of nitro groups is 1. The molecule has 0 radical (unpaired) electrons. The van der Waals surface area contributed by atoms with Crippen molar-refractivity contribution in [2.24, 2.45) is 0 Å². The van der Waals surface area contributed by atoms with Crippen molar-refractivity contribution in [2.45, 2.75) is 13.5 Å². The van der Waals surface area contributed by atoms with E-state index in [0.717, 1.165) is 25.1 Å². The first kappa shape index (κ1) is 14.5. The fourth-order valence-corrected chi connectivity index (χ4v) is 4.06. The number of anilines is 1. The van der Waals surface area contributed by atoms with E-state index in [1.807, 2.05) is 19.1 Å². The Bertz CT molecular complexity index is 605. The predicted octanol–water partition coefficient (Wildman–Crippen LogP) is 5.10. The highest BCUT2D eigenvalue weighted by atomic mass is 79.9. The molecule has 0 spiro atoms. The third-order valence-electron chi connectivity index (χ3n) is 2.45. The Labute approximate surface area is 131 Å². The molecule has 1 N–H and O–H groups in total. The molecule has 0 unspecified atom stereocenters. The second-order valence-corrected chi connectivity index (χ2v) is 6.81. The summed E-state index contributed by atoms with van der Waals surface area (Å²) in [5.74, 6) is 0. The molecule has 4 nitrogen and oxygen atoms in total. The SMILES string of the molecule is Cc1cc(Br)c(NCc2ccc([N+](=O)[O-])s2)c(Br)c1. The topological polar surface area (TPSA) is 55.2 Å². The zero-order valence-electron chi connectivity index (χ0n) is 9.94. The molecule has 19 heavy (non-hydrogen) atoms. The largest absolute Gasteiger partial charge is 0.378 e. The van der Waals surface area contributed by atoms with E-state index < -0.39 is 0 Å². The molecule has 1 heterocycles. The number of thiophene rings is 1. The van der Waals surface area contributed by atoms with Gasteiger partial charge in [0.1, 0.15) is 0 Å². The molecular weight excluding hydrogens is 396 g/mol. The van der Waals surface area contributed by atoms with Crippen molar-refractivity contribution >= 4 is 53.9 Å². The standard InChI is InChI=1S/C12H10Br2N2O2S/c1-7-4-9(13)12(10(14)5-7)15-6-8-2-3-11(19-8)16(17)18/h2-5,15H,6H2,1H3. The highest BCUT2D eigenvalue weighted by Gasteiger charge is 2.11. The van der Waals surface area contributed by atoms with E-state index in [2.05, 4.69) is 37.2 Å². The van der Waals surface area contributed by atoms with Crippen LogP contribution in [0.15, 0.2) is 33.2 Å². The molecule has 0 saturated heterocycles. The van der Waals surface area contributed by atoms with Gasteiger partial charge in [-0.25, -0.2) is 0 Å². The average molecular weight is 406 g/mol. The van der Waals surface area contributed by atoms with Crippen LogP contribution in [-0.2, 0) is 6.54 Å². The number of hydrogen-bond donors (Lipinski definition) is 1. The molecule has 0 saturated carbocycles. The van der Waals surface area contributed by atoms with Crippen LogP contribution in [0.5, 0.6) is 0 Å². The summed E-state index contributed by atoms with van der Waals surface area (Å²) >= 11 is 8.19. The van der Waals surface area contributed by atoms with Crippen LogP contribution >= 0.6 is 43.2 Å². The first-order valence-corrected chi connectivity index (χ1v) is 7.80. The van der Waals surface area contributed by atoms with Gasteiger partial charge in [0.15, 0.2) is 0 Å². The van der Waals surface area contributed by atoms with Crippen molar-refractivity contribution in [2.75, 3.05) is 5.32 Å². The van der Waals surface area contributed by atoms with Crippen molar-refractivity contribution in [3.8, 4) is 0 Å². The van der Waals surface area contributed by atoms with Crippen LogP contribution in [0.2, 0.25) is 0 Å². The molecule has 7 heteroatoms. The number of nitrogens with one attached hydrogen (secondary N) is 1. The van der Waals surface area contributed by atoms with Crippen LogP contribution in [0, 0.1) is 17.0 Å². The summed E-state index contributed by atoms with van der Waals surface area (Å²) in [7, 11) is 0. The van der Waals surface area contributed by atoms with Crippen LogP contribution in [-0.4, -0.2) is 4.92 Å². The molecule has 1 aromatic heterocycles. The Kier molecular flexibility index (Phi) is 4.59. The van der Waals surface area contributed by atoms with E-state index in [0.29, 0.717) is 6.54 Å². The minimum Gasteiger partial charge on any atom is -0.378 e. The van der Waals surface area contributed by atoms with Gasteiger partial charge in [-0.05, 0) is 62.5 Å². The fraction of sp³-hybridized carbons (Fsp3) is 0.167. The third-order valence-corrected chi connectivity index (χ3v) is 4.74. The molecule has 1 aromatic carbocycles.